The molecular weight excluding hydrogens is 146 g/mol. The van der Waals surface area contributed by atoms with E-state index < -0.39 is 0 Å². The Morgan fingerprint density at radius 1 is 1.25 bits per heavy atom. The summed E-state index contributed by atoms with van der Waals surface area (Å²) in [5.41, 5.74) is 2.50. The van der Waals surface area contributed by atoms with Crippen molar-refractivity contribution in [2.24, 2.45) is 0 Å². The average Bonchev–Trinajstić information content (AvgIpc) is 2.07. The minimum absolute atomic E-state index is 1.08. The highest BCUT2D eigenvalue weighted by Crippen LogP contribution is 2.02. The van der Waals surface area contributed by atoms with E-state index in [1.54, 1.807) is 0 Å². The number of hydrogen-bond donors (Lipinski definition) is 0. The van der Waals surface area contributed by atoms with E-state index in [2.05, 4.69) is 31.8 Å². The third kappa shape index (κ3) is 4.12. The van der Waals surface area contributed by atoms with E-state index in [9.17, 15) is 0 Å². The highest BCUT2D eigenvalue weighted by molar-refractivity contribution is 5.17. The van der Waals surface area contributed by atoms with Crippen LogP contribution in [0.25, 0.3) is 0 Å². The maximum absolute atomic E-state index is 4.15. The first-order valence-corrected chi connectivity index (χ1v) is 4.66. The average molecular weight is 165 g/mol. The molecule has 1 nitrogen and oxygen atoms in total. The number of pyridine rings is 1. The largest absolute Gasteiger partial charge is 0.261 e. The van der Waals surface area contributed by atoms with Crippen molar-refractivity contribution in [3.05, 3.63) is 29.6 Å². The molecule has 0 amide bonds. The van der Waals surface area contributed by atoms with Crippen molar-refractivity contribution in [1.82, 2.24) is 4.98 Å². The Morgan fingerprint density at radius 3 is 2.17 bits per heavy atom. The van der Waals surface area contributed by atoms with Gasteiger partial charge in [0.25, 0.3) is 0 Å². The molecule has 0 N–H and O–H groups in total. The lowest BCUT2D eigenvalue weighted by atomic mass is 10.2. The van der Waals surface area contributed by atoms with Crippen molar-refractivity contribution < 1.29 is 0 Å². The van der Waals surface area contributed by atoms with E-state index in [0.717, 1.165) is 12.1 Å². The Balaban J connectivity index is 0.000000354. The predicted molar refractivity (Wildman–Crippen MR) is 54.3 cm³/mol. The lowest BCUT2D eigenvalue weighted by molar-refractivity contribution is 1.05. The van der Waals surface area contributed by atoms with Gasteiger partial charge in [0, 0.05) is 11.9 Å². The first-order valence-electron chi connectivity index (χ1n) is 4.66. The van der Waals surface area contributed by atoms with Gasteiger partial charge >= 0.3 is 0 Å². The number of rotatable bonds is 1. The summed E-state index contributed by atoms with van der Waals surface area (Å²) in [6, 6.07) is 4.09. The Morgan fingerprint density at radius 2 is 1.83 bits per heavy atom. The van der Waals surface area contributed by atoms with E-state index in [1.165, 1.54) is 12.0 Å². The maximum Gasteiger partial charge on any atom is 0.0404 e. The molecule has 0 aliphatic carbocycles. The Labute approximate surface area is 75.8 Å². The van der Waals surface area contributed by atoms with Crippen molar-refractivity contribution in [3.8, 4) is 0 Å². The van der Waals surface area contributed by atoms with Crippen molar-refractivity contribution in [1.29, 1.82) is 0 Å². The molecule has 0 radical (unpaired) electrons. The molecule has 1 aromatic rings. The molecule has 1 aromatic heterocycles. The summed E-state index contributed by atoms with van der Waals surface area (Å²) < 4.78 is 0. The van der Waals surface area contributed by atoms with Crippen LogP contribution in [0.15, 0.2) is 18.3 Å². The summed E-state index contributed by atoms with van der Waals surface area (Å²) in [6.07, 6.45) is 4.16. The second-order valence-corrected chi connectivity index (χ2v) is 2.81. The Hall–Kier alpha value is -0.850. The van der Waals surface area contributed by atoms with Gasteiger partial charge in [-0.25, -0.2) is 0 Å². The van der Waals surface area contributed by atoms with Gasteiger partial charge in [0.1, 0.15) is 0 Å². The smallest absolute Gasteiger partial charge is 0.0404 e. The molecule has 68 valence electrons. The number of aryl methyl sites for hydroxylation is 2. The maximum atomic E-state index is 4.15. The Bertz CT molecular complexity index is 206. The zero-order chi connectivity index (χ0) is 9.40. The molecule has 0 spiro atoms. The van der Waals surface area contributed by atoms with Crippen LogP contribution in [0.5, 0.6) is 0 Å². The number of nitrogens with zero attached hydrogens (tertiary/aromatic N) is 1. The molecule has 0 atom stereocenters. The normalized spacial score (nSPS) is 8.67. The summed E-state index contributed by atoms with van der Waals surface area (Å²) in [5, 5.41) is 0. The first kappa shape index (κ1) is 11.2. The van der Waals surface area contributed by atoms with E-state index in [1.807, 2.05) is 19.2 Å². The highest BCUT2D eigenvalue weighted by atomic mass is 14.7. The molecule has 0 aliphatic heterocycles. The third-order valence-corrected chi connectivity index (χ3v) is 1.50. The standard InChI is InChI=1S/C8H11N.C3H8/c1-3-8-5-4-6-9-7(8)2;1-3-2/h4-6H,3H2,1-2H3;3H2,1-2H3. The van der Waals surface area contributed by atoms with E-state index >= 15 is 0 Å². The van der Waals surface area contributed by atoms with E-state index in [-0.39, 0.29) is 0 Å². The predicted octanol–water partition coefficient (Wildman–Crippen LogP) is 3.37. The minimum Gasteiger partial charge on any atom is -0.261 e. The summed E-state index contributed by atoms with van der Waals surface area (Å²) in [7, 11) is 0. The number of aromatic nitrogens is 1. The van der Waals surface area contributed by atoms with Crippen LogP contribution in [-0.4, -0.2) is 4.98 Å². The molecule has 0 fully saturated rings. The molecule has 0 unspecified atom stereocenters. The van der Waals surface area contributed by atoms with Crippen molar-refractivity contribution in [3.63, 3.8) is 0 Å². The SMILES string of the molecule is CCC.CCc1cccnc1C. The van der Waals surface area contributed by atoms with Crippen molar-refractivity contribution in [2.45, 2.75) is 40.5 Å². The zero-order valence-corrected chi connectivity index (χ0v) is 8.59. The molecule has 1 heteroatoms. The van der Waals surface area contributed by atoms with Crippen LogP contribution >= 0.6 is 0 Å². The van der Waals surface area contributed by atoms with Gasteiger partial charge < -0.3 is 0 Å². The monoisotopic (exact) mass is 165 g/mol. The van der Waals surface area contributed by atoms with Crippen LogP contribution in [0, 0.1) is 6.92 Å². The summed E-state index contributed by atoms with van der Waals surface area (Å²) in [4.78, 5) is 4.15. The zero-order valence-electron chi connectivity index (χ0n) is 8.59. The molecule has 0 aliphatic rings. The van der Waals surface area contributed by atoms with Gasteiger partial charge in [0.2, 0.25) is 0 Å². The second kappa shape index (κ2) is 6.84. The quantitative estimate of drug-likeness (QED) is 0.621. The van der Waals surface area contributed by atoms with Crippen LogP contribution in [0.4, 0.5) is 0 Å². The van der Waals surface area contributed by atoms with Gasteiger partial charge in [-0.1, -0.05) is 33.3 Å². The van der Waals surface area contributed by atoms with Crippen molar-refractivity contribution >= 4 is 0 Å². The van der Waals surface area contributed by atoms with Gasteiger partial charge in [-0.15, -0.1) is 0 Å². The summed E-state index contributed by atoms with van der Waals surface area (Å²) >= 11 is 0. The van der Waals surface area contributed by atoms with Gasteiger partial charge in [0.05, 0.1) is 0 Å². The Kier molecular flexibility index (Phi) is 6.35. The lowest BCUT2D eigenvalue weighted by Crippen LogP contribution is -1.87. The summed E-state index contributed by atoms with van der Waals surface area (Å²) in [5.74, 6) is 0. The van der Waals surface area contributed by atoms with Gasteiger partial charge in [0.15, 0.2) is 0 Å². The van der Waals surface area contributed by atoms with Gasteiger partial charge in [-0.05, 0) is 25.0 Å². The lowest BCUT2D eigenvalue weighted by Gasteiger charge is -1.97. The fraction of sp³-hybridized carbons (Fsp3) is 0.545. The molecule has 12 heavy (non-hydrogen) atoms. The minimum atomic E-state index is 1.08. The van der Waals surface area contributed by atoms with Crippen LogP contribution in [0.2, 0.25) is 0 Å². The molecule has 0 saturated carbocycles. The first-order chi connectivity index (χ1) is 5.76. The third-order valence-electron chi connectivity index (χ3n) is 1.50. The van der Waals surface area contributed by atoms with Gasteiger partial charge in [-0.3, -0.25) is 4.98 Å². The van der Waals surface area contributed by atoms with Crippen molar-refractivity contribution in [2.75, 3.05) is 0 Å². The summed E-state index contributed by atoms with van der Waals surface area (Å²) in [6.45, 7) is 8.43. The molecule has 1 rings (SSSR count). The van der Waals surface area contributed by atoms with Crippen LogP contribution in [0.1, 0.15) is 38.4 Å². The molecule has 0 saturated heterocycles. The number of hydrogen-bond acceptors (Lipinski definition) is 1. The molecule has 1 heterocycles. The fourth-order valence-electron chi connectivity index (χ4n) is 0.891. The molecule has 0 bridgehead atoms. The fourth-order valence-corrected chi connectivity index (χ4v) is 0.891. The topological polar surface area (TPSA) is 12.9 Å². The second-order valence-electron chi connectivity index (χ2n) is 2.81. The molecule has 0 aromatic carbocycles. The van der Waals surface area contributed by atoms with Crippen LogP contribution in [-0.2, 0) is 6.42 Å². The van der Waals surface area contributed by atoms with Crippen LogP contribution in [0.3, 0.4) is 0 Å². The van der Waals surface area contributed by atoms with E-state index in [4.69, 9.17) is 0 Å². The molecular formula is C11H19N. The van der Waals surface area contributed by atoms with Gasteiger partial charge in [-0.2, -0.15) is 0 Å². The van der Waals surface area contributed by atoms with Crippen LogP contribution < -0.4 is 0 Å². The van der Waals surface area contributed by atoms with E-state index in [0.29, 0.717) is 0 Å². The highest BCUT2D eigenvalue weighted by Gasteiger charge is 1.91.